The molecule has 1 aromatic carbocycles. The second kappa shape index (κ2) is 10.9. The molecule has 5 aromatic rings. The maximum absolute atomic E-state index is 13.4. The van der Waals surface area contributed by atoms with E-state index in [0.29, 0.717) is 52.2 Å². The molecule has 4 aromatic heterocycles. The van der Waals surface area contributed by atoms with E-state index in [1.807, 2.05) is 18.2 Å². The second-order valence-electron chi connectivity index (χ2n) is 8.07. The van der Waals surface area contributed by atoms with Crippen LogP contribution in [-0.2, 0) is 19.5 Å². The van der Waals surface area contributed by atoms with Crippen LogP contribution in [0, 0.1) is 0 Å². The molecule has 1 N–H and O–H groups in total. The average Bonchev–Trinajstić information content (AvgIpc) is 3.68. The number of aromatic nitrogens is 4. The zero-order valence-electron chi connectivity index (χ0n) is 19.8. The molecule has 0 spiro atoms. The molecule has 0 bridgehead atoms. The third kappa shape index (κ3) is 5.50. The van der Waals surface area contributed by atoms with Gasteiger partial charge < -0.3 is 19.0 Å². The van der Waals surface area contributed by atoms with Gasteiger partial charge in [-0.05, 0) is 24.3 Å². The summed E-state index contributed by atoms with van der Waals surface area (Å²) in [5, 5.41) is 7.92. The molecule has 0 atom stereocenters. The van der Waals surface area contributed by atoms with E-state index in [1.165, 1.54) is 35.6 Å². The Labute approximate surface area is 220 Å². The van der Waals surface area contributed by atoms with Crippen molar-refractivity contribution in [3.05, 3.63) is 104 Å². The smallest absolute Gasteiger partial charge is 0.280 e. The van der Waals surface area contributed by atoms with E-state index in [0.717, 1.165) is 10.6 Å². The van der Waals surface area contributed by atoms with Crippen molar-refractivity contribution in [2.24, 2.45) is 0 Å². The van der Waals surface area contributed by atoms with E-state index >= 15 is 0 Å². The lowest BCUT2D eigenvalue weighted by Crippen LogP contribution is -2.20. The number of rotatable bonds is 9. The topological polar surface area (TPSA) is 104 Å². The summed E-state index contributed by atoms with van der Waals surface area (Å²) in [5.74, 6) is 0.559. The number of thiophene rings is 1. The van der Waals surface area contributed by atoms with Crippen molar-refractivity contribution in [3.8, 4) is 17.0 Å². The summed E-state index contributed by atoms with van der Waals surface area (Å²) in [6, 6.07) is 15.8. The molecule has 0 aliphatic carbocycles. The SMILES string of the molecule is COc1cc(=O)n(CCc2cocn2)cc1-c1cc(NCc2ccc(Cl)s2)n(C(=O)c2ccccc2)n1. The van der Waals surface area contributed by atoms with Gasteiger partial charge in [-0.3, -0.25) is 9.59 Å². The van der Waals surface area contributed by atoms with Crippen molar-refractivity contribution < 1.29 is 13.9 Å². The van der Waals surface area contributed by atoms with Gasteiger partial charge in [-0.1, -0.05) is 29.8 Å². The minimum atomic E-state index is -0.295. The third-order valence-corrected chi connectivity index (χ3v) is 6.90. The first-order valence-electron chi connectivity index (χ1n) is 11.4. The van der Waals surface area contributed by atoms with Crippen molar-refractivity contribution in [3.63, 3.8) is 0 Å². The van der Waals surface area contributed by atoms with Gasteiger partial charge in [0.2, 0.25) is 0 Å². The van der Waals surface area contributed by atoms with Gasteiger partial charge in [-0.15, -0.1) is 11.3 Å². The summed E-state index contributed by atoms with van der Waals surface area (Å²) in [6.07, 6.45) is 5.10. The highest BCUT2D eigenvalue weighted by Crippen LogP contribution is 2.30. The van der Waals surface area contributed by atoms with Gasteiger partial charge in [0, 0.05) is 41.7 Å². The number of ether oxygens (including phenoxy) is 1. The average molecular weight is 536 g/mol. The van der Waals surface area contributed by atoms with E-state index in [1.54, 1.807) is 47.4 Å². The number of aryl methyl sites for hydroxylation is 2. The Hall–Kier alpha value is -4.15. The predicted molar refractivity (Wildman–Crippen MR) is 142 cm³/mol. The fraction of sp³-hybridized carbons (Fsp3) is 0.154. The maximum atomic E-state index is 13.4. The van der Waals surface area contributed by atoms with Gasteiger partial charge in [0.1, 0.15) is 23.5 Å². The Kier molecular flexibility index (Phi) is 7.20. The molecule has 9 nitrogen and oxygen atoms in total. The van der Waals surface area contributed by atoms with Crippen LogP contribution in [0.3, 0.4) is 0 Å². The highest BCUT2D eigenvalue weighted by molar-refractivity contribution is 7.16. The molecule has 11 heteroatoms. The van der Waals surface area contributed by atoms with Crippen molar-refractivity contribution in [2.75, 3.05) is 12.4 Å². The standard InChI is InChI=1S/C26H22ClN5O4S/c1-35-22-12-25(33)31(10-9-18-15-36-16-29-18)14-20(22)21-11-24(28-13-19-7-8-23(27)37-19)32(30-21)26(34)17-5-3-2-4-6-17/h2-8,11-12,14-16,28H,9-10,13H2,1H3. The van der Waals surface area contributed by atoms with Gasteiger partial charge in [-0.25, -0.2) is 4.98 Å². The molecule has 5 rings (SSSR count). The van der Waals surface area contributed by atoms with Crippen LogP contribution < -0.4 is 15.6 Å². The van der Waals surface area contributed by atoms with E-state index in [2.05, 4.69) is 15.4 Å². The summed E-state index contributed by atoms with van der Waals surface area (Å²) in [6.45, 7) is 0.842. The number of halogens is 1. The van der Waals surface area contributed by atoms with Crippen LogP contribution in [0.25, 0.3) is 11.3 Å². The number of anilines is 1. The number of oxazole rings is 1. The Morgan fingerprint density at radius 1 is 1.19 bits per heavy atom. The van der Waals surface area contributed by atoms with E-state index in [-0.39, 0.29) is 11.5 Å². The molecule has 0 amide bonds. The molecule has 37 heavy (non-hydrogen) atoms. The minimum absolute atomic E-state index is 0.225. The first kappa shape index (κ1) is 24.5. The van der Waals surface area contributed by atoms with E-state index < -0.39 is 0 Å². The van der Waals surface area contributed by atoms with Crippen molar-refractivity contribution in [1.29, 1.82) is 0 Å². The van der Waals surface area contributed by atoms with Gasteiger partial charge in [0.15, 0.2) is 6.39 Å². The summed E-state index contributed by atoms with van der Waals surface area (Å²) in [4.78, 5) is 31.2. The van der Waals surface area contributed by atoms with Gasteiger partial charge in [0.25, 0.3) is 11.5 Å². The van der Waals surface area contributed by atoms with Crippen molar-refractivity contribution in [1.82, 2.24) is 19.3 Å². The molecule has 0 radical (unpaired) electrons. The number of nitrogens with one attached hydrogen (secondary N) is 1. The third-order valence-electron chi connectivity index (χ3n) is 5.67. The number of carbonyl (C=O) groups is 1. The molecule has 0 fully saturated rings. The lowest BCUT2D eigenvalue weighted by atomic mass is 10.2. The van der Waals surface area contributed by atoms with Crippen LogP contribution in [0.4, 0.5) is 5.82 Å². The van der Waals surface area contributed by atoms with Crippen LogP contribution in [0.15, 0.2) is 82.7 Å². The normalized spacial score (nSPS) is 11.0. The molecule has 4 heterocycles. The van der Waals surface area contributed by atoms with Crippen LogP contribution in [0.1, 0.15) is 20.9 Å². The van der Waals surface area contributed by atoms with E-state index in [9.17, 15) is 9.59 Å². The first-order valence-corrected chi connectivity index (χ1v) is 12.5. The summed E-state index contributed by atoms with van der Waals surface area (Å²) >= 11 is 7.53. The summed E-state index contributed by atoms with van der Waals surface area (Å²) in [7, 11) is 1.49. The zero-order chi connectivity index (χ0) is 25.8. The molecule has 0 aliphatic heterocycles. The molecular weight excluding hydrogens is 514 g/mol. The van der Waals surface area contributed by atoms with Crippen LogP contribution in [0.2, 0.25) is 4.34 Å². The zero-order valence-corrected chi connectivity index (χ0v) is 21.3. The number of methoxy groups -OCH3 is 1. The molecule has 0 saturated heterocycles. The van der Waals surface area contributed by atoms with Crippen LogP contribution >= 0.6 is 22.9 Å². The first-order chi connectivity index (χ1) is 18.0. The highest BCUT2D eigenvalue weighted by Gasteiger charge is 2.20. The van der Waals surface area contributed by atoms with Gasteiger partial charge in [0.05, 0.1) is 29.2 Å². The second-order valence-corrected chi connectivity index (χ2v) is 9.87. The Morgan fingerprint density at radius 2 is 2.03 bits per heavy atom. The number of carbonyl (C=O) groups excluding carboxylic acids is 1. The quantitative estimate of drug-likeness (QED) is 0.284. The summed E-state index contributed by atoms with van der Waals surface area (Å²) < 4.78 is 14.1. The fourth-order valence-corrected chi connectivity index (χ4v) is 4.84. The molecule has 188 valence electrons. The maximum Gasteiger partial charge on any atom is 0.280 e. The highest BCUT2D eigenvalue weighted by atomic mass is 35.5. The Bertz CT molecular complexity index is 1570. The monoisotopic (exact) mass is 535 g/mol. The lowest BCUT2D eigenvalue weighted by molar-refractivity contribution is 0.0948. The summed E-state index contributed by atoms with van der Waals surface area (Å²) in [5.41, 5.74) is 2.05. The van der Waals surface area contributed by atoms with Gasteiger partial charge in [-0.2, -0.15) is 9.78 Å². The largest absolute Gasteiger partial charge is 0.496 e. The predicted octanol–water partition coefficient (Wildman–Crippen LogP) is 4.97. The number of benzene rings is 1. The molecule has 0 unspecified atom stereocenters. The molecule has 0 saturated carbocycles. The lowest BCUT2D eigenvalue weighted by Gasteiger charge is -2.10. The number of nitrogens with zero attached hydrogens (tertiary/aromatic N) is 4. The Balaban J connectivity index is 1.52. The Morgan fingerprint density at radius 3 is 2.73 bits per heavy atom. The minimum Gasteiger partial charge on any atom is -0.496 e. The molecular formula is C26H22ClN5O4S. The molecule has 0 aliphatic rings. The number of pyridine rings is 1. The van der Waals surface area contributed by atoms with Crippen molar-refractivity contribution >= 4 is 34.7 Å². The van der Waals surface area contributed by atoms with Crippen LogP contribution in [0.5, 0.6) is 5.75 Å². The van der Waals surface area contributed by atoms with E-state index in [4.69, 9.17) is 20.8 Å². The fourth-order valence-electron chi connectivity index (χ4n) is 3.81. The van der Waals surface area contributed by atoms with Crippen LogP contribution in [-0.4, -0.2) is 32.3 Å². The van der Waals surface area contributed by atoms with Gasteiger partial charge >= 0.3 is 0 Å². The number of hydrogen-bond acceptors (Lipinski definition) is 8. The number of hydrogen-bond donors (Lipinski definition) is 1. The van der Waals surface area contributed by atoms with Crippen molar-refractivity contribution in [2.45, 2.75) is 19.5 Å².